The van der Waals surface area contributed by atoms with Gasteiger partial charge in [0.05, 0.1) is 16.7 Å². The van der Waals surface area contributed by atoms with Crippen molar-refractivity contribution in [2.24, 2.45) is 7.05 Å². The number of nitrogens with zero attached hydrogens (tertiary/aromatic N) is 3. The number of rotatable bonds is 5. The largest absolute Gasteiger partial charge is 0.349 e. The van der Waals surface area contributed by atoms with Crippen LogP contribution in [0.4, 0.5) is 0 Å². The monoisotopic (exact) mass is 389 g/mol. The molecule has 2 aromatic heterocycles. The summed E-state index contributed by atoms with van der Waals surface area (Å²) in [6.07, 6.45) is 0. The summed E-state index contributed by atoms with van der Waals surface area (Å²) >= 11 is 0. The predicted molar refractivity (Wildman–Crippen MR) is 113 cm³/mol. The number of amides is 1. The number of hydrogen-bond donors (Lipinski definition) is 2. The summed E-state index contributed by atoms with van der Waals surface area (Å²) < 4.78 is 3.33. The first-order chi connectivity index (χ1) is 13.9. The van der Waals surface area contributed by atoms with Gasteiger partial charge in [-0.1, -0.05) is 24.3 Å². The van der Waals surface area contributed by atoms with Crippen LogP contribution in [0.1, 0.15) is 21.6 Å². The van der Waals surface area contributed by atoms with Crippen LogP contribution in [-0.2, 0) is 13.6 Å². The molecular weight excluding hydrogens is 366 g/mol. The molecule has 2 heterocycles. The van der Waals surface area contributed by atoms with Crippen LogP contribution in [0.5, 0.6) is 0 Å². The van der Waals surface area contributed by atoms with Gasteiger partial charge >= 0.3 is 5.69 Å². The number of H-pyrrole nitrogens is 1. The SMILES string of the molecule is Cc1ccc(-c2cc(C(=O)NCCn3c(=O)[nH]c4ccccc43)nn2C)cc1C. The van der Waals surface area contributed by atoms with Gasteiger partial charge in [-0.2, -0.15) is 5.10 Å². The van der Waals surface area contributed by atoms with Gasteiger partial charge in [0.1, 0.15) is 0 Å². The smallest absolute Gasteiger partial charge is 0.326 e. The summed E-state index contributed by atoms with van der Waals surface area (Å²) in [6.45, 7) is 4.84. The van der Waals surface area contributed by atoms with E-state index in [4.69, 9.17) is 0 Å². The van der Waals surface area contributed by atoms with Crippen molar-refractivity contribution >= 4 is 16.9 Å². The fourth-order valence-corrected chi connectivity index (χ4v) is 3.45. The van der Waals surface area contributed by atoms with Crippen molar-refractivity contribution in [1.82, 2.24) is 24.6 Å². The second kappa shape index (κ2) is 7.43. The molecule has 0 aliphatic carbocycles. The maximum atomic E-state index is 12.6. The van der Waals surface area contributed by atoms with Crippen LogP contribution >= 0.6 is 0 Å². The first-order valence-corrected chi connectivity index (χ1v) is 9.51. The number of hydrogen-bond acceptors (Lipinski definition) is 3. The van der Waals surface area contributed by atoms with E-state index in [1.807, 2.05) is 37.4 Å². The van der Waals surface area contributed by atoms with E-state index < -0.39 is 0 Å². The summed E-state index contributed by atoms with van der Waals surface area (Å²) in [5, 5.41) is 7.21. The first-order valence-electron chi connectivity index (χ1n) is 9.51. The molecule has 148 valence electrons. The predicted octanol–water partition coefficient (Wildman–Crippen LogP) is 2.78. The van der Waals surface area contributed by atoms with Crippen LogP contribution in [0, 0.1) is 13.8 Å². The minimum Gasteiger partial charge on any atom is -0.349 e. The number of imidazole rings is 1. The maximum absolute atomic E-state index is 12.6. The van der Waals surface area contributed by atoms with Crippen LogP contribution in [0.25, 0.3) is 22.3 Å². The van der Waals surface area contributed by atoms with E-state index in [9.17, 15) is 9.59 Å². The number of para-hydroxylation sites is 2. The van der Waals surface area contributed by atoms with Crippen molar-refractivity contribution in [2.75, 3.05) is 6.54 Å². The lowest BCUT2D eigenvalue weighted by Gasteiger charge is -2.05. The van der Waals surface area contributed by atoms with E-state index in [0.717, 1.165) is 22.3 Å². The molecule has 4 rings (SSSR count). The topological polar surface area (TPSA) is 84.7 Å². The summed E-state index contributed by atoms with van der Waals surface area (Å²) in [7, 11) is 1.83. The molecule has 0 bridgehead atoms. The quantitative estimate of drug-likeness (QED) is 0.550. The molecule has 2 N–H and O–H groups in total. The lowest BCUT2D eigenvalue weighted by atomic mass is 10.0. The molecule has 0 unspecified atom stereocenters. The highest BCUT2D eigenvalue weighted by atomic mass is 16.2. The van der Waals surface area contributed by atoms with Crippen molar-refractivity contribution in [3.8, 4) is 11.3 Å². The van der Waals surface area contributed by atoms with Crippen molar-refractivity contribution < 1.29 is 4.79 Å². The normalized spacial score (nSPS) is 11.1. The Bertz CT molecular complexity index is 1260. The molecule has 0 atom stereocenters. The maximum Gasteiger partial charge on any atom is 0.326 e. The molecule has 7 heteroatoms. The van der Waals surface area contributed by atoms with Crippen molar-refractivity contribution in [2.45, 2.75) is 20.4 Å². The van der Waals surface area contributed by atoms with E-state index in [2.05, 4.69) is 41.4 Å². The standard InChI is InChI=1S/C22H23N5O2/c1-14-8-9-16(12-15(14)2)20-13-18(25-26(20)3)21(28)23-10-11-27-19-7-5-4-6-17(19)24-22(27)29/h4-9,12-13H,10-11H2,1-3H3,(H,23,28)(H,24,29). The van der Waals surface area contributed by atoms with E-state index in [1.165, 1.54) is 11.1 Å². The van der Waals surface area contributed by atoms with Gasteiger partial charge in [-0.05, 0) is 49.2 Å². The second-order valence-electron chi connectivity index (χ2n) is 7.19. The fraction of sp³-hybridized carbons (Fsp3) is 0.227. The Balaban J connectivity index is 1.47. The summed E-state index contributed by atoms with van der Waals surface area (Å²) in [5.74, 6) is -0.261. The van der Waals surface area contributed by atoms with Crippen LogP contribution in [0.15, 0.2) is 53.3 Å². The molecule has 2 aromatic carbocycles. The molecule has 1 amide bonds. The van der Waals surface area contributed by atoms with Crippen LogP contribution in [-0.4, -0.2) is 31.8 Å². The molecule has 0 aliphatic heterocycles. The number of aromatic amines is 1. The van der Waals surface area contributed by atoms with Gasteiger partial charge in [-0.25, -0.2) is 4.79 Å². The van der Waals surface area contributed by atoms with Gasteiger partial charge in [0, 0.05) is 25.7 Å². The number of nitrogens with one attached hydrogen (secondary N) is 2. The zero-order valence-electron chi connectivity index (χ0n) is 16.7. The highest BCUT2D eigenvalue weighted by molar-refractivity contribution is 5.93. The van der Waals surface area contributed by atoms with E-state index in [0.29, 0.717) is 18.8 Å². The molecular formula is C22H23N5O2. The Labute approximate surface area is 168 Å². The van der Waals surface area contributed by atoms with E-state index in [-0.39, 0.29) is 11.6 Å². The van der Waals surface area contributed by atoms with Crippen molar-refractivity contribution in [1.29, 1.82) is 0 Å². The Morgan fingerprint density at radius 1 is 1.10 bits per heavy atom. The van der Waals surface area contributed by atoms with Gasteiger partial charge in [-0.15, -0.1) is 0 Å². The molecule has 29 heavy (non-hydrogen) atoms. The van der Waals surface area contributed by atoms with Gasteiger partial charge in [0.2, 0.25) is 0 Å². The van der Waals surface area contributed by atoms with Gasteiger partial charge in [0.25, 0.3) is 5.91 Å². The third-order valence-electron chi connectivity index (χ3n) is 5.22. The van der Waals surface area contributed by atoms with Gasteiger partial charge < -0.3 is 10.3 Å². The summed E-state index contributed by atoms with van der Waals surface area (Å²) in [4.78, 5) is 27.5. The summed E-state index contributed by atoms with van der Waals surface area (Å²) in [6, 6.07) is 15.5. The third kappa shape index (κ3) is 3.59. The first kappa shape index (κ1) is 18.7. The minimum atomic E-state index is -0.261. The highest BCUT2D eigenvalue weighted by Crippen LogP contribution is 2.22. The molecule has 0 aliphatic rings. The lowest BCUT2D eigenvalue weighted by Crippen LogP contribution is -2.30. The van der Waals surface area contributed by atoms with Crippen LogP contribution < -0.4 is 11.0 Å². The molecule has 7 nitrogen and oxygen atoms in total. The van der Waals surface area contributed by atoms with Crippen molar-refractivity contribution in [3.05, 3.63) is 75.8 Å². The van der Waals surface area contributed by atoms with Crippen molar-refractivity contribution in [3.63, 3.8) is 0 Å². The van der Waals surface area contributed by atoms with Gasteiger partial charge in [0.15, 0.2) is 5.69 Å². The molecule has 4 aromatic rings. The number of benzene rings is 2. The number of carbonyl (C=O) groups is 1. The highest BCUT2D eigenvalue weighted by Gasteiger charge is 2.14. The molecule has 0 fully saturated rings. The van der Waals surface area contributed by atoms with E-state index in [1.54, 1.807) is 15.3 Å². The second-order valence-corrected chi connectivity index (χ2v) is 7.19. The fourth-order valence-electron chi connectivity index (χ4n) is 3.45. The molecule has 0 saturated heterocycles. The minimum absolute atomic E-state index is 0.185. The Morgan fingerprint density at radius 2 is 1.90 bits per heavy atom. The number of carbonyl (C=O) groups excluding carboxylic acids is 1. The zero-order valence-corrected chi connectivity index (χ0v) is 16.7. The molecule has 0 spiro atoms. The summed E-state index contributed by atoms with van der Waals surface area (Å²) in [5.41, 5.74) is 6.09. The van der Waals surface area contributed by atoms with Gasteiger partial charge in [-0.3, -0.25) is 14.0 Å². The van der Waals surface area contributed by atoms with Crippen LogP contribution in [0.2, 0.25) is 0 Å². The lowest BCUT2D eigenvalue weighted by molar-refractivity contribution is 0.0946. The van der Waals surface area contributed by atoms with Crippen LogP contribution in [0.3, 0.4) is 0 Å². The average Bonchev–Trinajstić information content (AvgIpc) is 3.24. The molecule has 0 radical (unpaired) electrons. The zero-order chi connectivity index (χ0) is 20.5. The number of aryl methyl sites for hydroxylation is 3. The third-order valence-corrected chi connectivity index (χ3v) is 5.22. The Hall–Kier alpha value is -3.61. The Kier molecular flexibility index (Phi) is 4.80. The number of aromatic nitrogens is 4. The average molecular weight is 389 g/mol. The molecule has 0 saturated carbocycles. The van der Waals surface area contributed by atoms with E-state index >= 15 is 0 Å². The Morgan fingerprint density at radius 3 is 2.69 bits per heavy atom. The number of fused-ring (bicyclic) bond motifs is 1.